The molecule has 3 nitrogen and oxygen atoms in total. The number of carbonyl (C=O) groups excluding carboxylic acids is 1. The van der Waals surface area contributed by atoms with E-state index < -0.39 is 0 Å². The summed E-state index contributed by atoms with van der Waals surface area (Å²) in [6.45, 7) is 8.38. The zero-order valence-electron chi connectivity index (χ0n) is 14.2. The van der Waals surface area contributed by atoms with Crippen LogP contribution in [0.25, 0.3) is 0 Å². The number of nitriles is 1. The third-order valence-corrected chi connectivity index (χ3v) is 4.64. The molecule has 1 N–H and O–H groups in total. The minimum atomic E-state index is 0.200. The highest BCUT2D eigenvalue weighted by Gasteiger charge is 2.27. The van der Waals surface area contributed by atoms with Crippen LogP contribution in [0.3, 0.4) is 0 Å². The first-order chi connectivity index (χ1) is 10.5. The maximum Gasteiger partial charge on any atom is 0.219 e. The van der Waals surface area contributed by atoms with Gasteiger partial charge in [-0.05, 0) is 36.8 Å². The van der Waals surface area contributed by atoms with E-state index in [0.717, 1.165) is 23.5 Å². The Labute approximate surface area is 134 Å². The number of nitrogens with zero attached hydrogens (tertiary/aromatic N) is 1. The van der Waals surface area contributed by atoms with Gasteiger partial charge in [0.1, 0.15) is 0 Å². The molecule has 1 aliphatic carbocycles. The third-order valence-electron chi connectivity index (χ3n) is 4.64. The van der Waals surface area contributed by atoms with Crippen LogP contribution in [0.2, 0.25) is 0 Å². The van der Waals surface area contributed by atoms with E-state index in [-0.39, 0.29) is 5.91 Å². The van der Waals surface area contributed by atoms with E-state index in [9.17, 15) is 4.79 Å². The SMILES string of the molecule is CCC(=O)NC1CCCC(C)C1C.Cc1ccccc1C#N. The first kappa shape index (κ1) is 18.2. The Morgan fingerprint density at radius 2 is 2.00 bits per heavy atom. The van der Waals surface area contributed by atoms with Gasteiger partial charge in [0.15, 0.2) is 0 Å². The molecule has 0 spiro atoms. The Morgan fingerprint density at radius 3 is 2.55 bits per heavy atom. The molecule has 3 unspecified atom stereocenters. The van der Waals surface area contributed by atoms with Crippen LogP contribution in [0.4, 0.5) is 0 Å². The fourth-order valence-electron chi connectivity index (χ4n) is 2.79. The van der Waals surface area contributed by atoms with Crippen LogP contribution in [-0.4, -0.2) is 11.9 Å². The van der Waals surface area contributed by atoms with Crippen LogP contribution >= 0.6 is 0 Å². The minimum absolute atomic E-state index is 0.200. The maximum atomic E-state index is 11.2. The highest BCUT2D eigenvalue weighted by atomic mass is 16.1. The van der Waals surface area contributed by atoms with Gasteiger partial charge >= 0.3 is 0 Å². The smallest absolute Gasteiger partial charge is 0.219 e. The summed E-state index contributed by atoms with van der Waals surface area (Å²) in [5.41, 5.74) is 1.80. The number of hydrogen-bond acceptors (Lipinski definition) is 2. The van der Waals surface area contributed by atoms with E-state index >= 15 is 0 Å². The van der Waals surface area contributed by atoms with Crippen molar-refractivity contribution >= 4 is 5.91 Å². The predicted octanol–water partition coefficient (Wildman–Crippen LogP) is 4.20. The van der Waals surface area contributed by atoms with Crippen molar-refractivity contribution < 1.29 is 4.79 Å². The average molecular weight is 300 g/mol. The summed E-state index contributed by atoms with van der Waals surface area (Å²) in [5, 5.41) is 11.6. The summed E-state index contributed by atoms with van der Waals surface area (Å²) in [6, 6.07) is 10.1. The Morgan fingerprint density at radius 1 is 1.32 bits per heavy atom. The van der Waals surface area contributed by atoms with Crippen LogP contribution in [-0.2, 0) is 4.79 Å². The fourth-order valence-corrected chi connectivity index (χ4v) is 2.79. The Kier molecular flexibility index (Phi) is 7.66. The molecule has 120 valence electrons. The molecule has 22 heavy (non-hydrogen) atoms. The van der Waals surface area contributed by atoms with E-state index in [1.54, 1.807) is 0 Å². The zero-order valence-corrected chi connectivity index (χ0v) is 14.2. The van der Waals surface area contributed by atoms with Gasteiger partial charge in [-0.25, -0.2) is 0 Å². The zero-order chi connectivity index (χ0) is 16.5. The van der Waals surface area contributed by atoms with Crippen molar-refractivity contribution in [3.05, 3.63) is 35.4 Å². The van der Waals surface area contributed by atoms with Gasteiger partial charge in [0.25, 0.3) is 0 Å². The quantitative estimate of drug-likeness (QED) is 0.889. The molecular weight excluding hydrogens is 272 g/mol. The number of amides is 1. The largest absolute Gasteiger partial charge is 0.353 e. The van der Waals surface area contributed by atoms with Crippen molar-refractivity contribution in [2.45, 2.75) is 59.4 Å². The van der Waals surface area contributed by atoms with Gasteiger partial charge in [0.05, 0.1) is 11.6 Å². The van der Waals surface area contributed by atoms with Crippen LogP contribution in [0.5, 0.6) is 0 Å². The molecule has 3 heteroatoms. The second kappa shape index (κ2) is 9.25. The molecule has 1 aromatic carbocycles. The molecule has 0 bridgehead atoms. The summed E-state index contributed by atoms with van der Waals surface area (Å²) < 4.78 is 0. The molecule has 1 fully saturated rings. The Bertz CT molecular complexity index is 518. The van der Waals surface area contributed by atoms with E-state index in [0.29, 0.717) is 18.4 Å². The van der Waals surface area contributed by atoms with Gasteiger partial charge < -0.3 is 5.32 Å². The lowest BCUT2D eigenvalue weighted by Gasteiger charge is -2.34. The van der Waals surface area contributed by atoms with Gasteiger partial charge in [0.2, 0.25) is 5.91 Å². The van der Waals surface area contributed by atoms with Crippen molar-refractivity contribution in [2.75, 3.05) is 0 Å². The molecule has 1 saturated carbocycles. The first-order valence-corrected chi connectivity index (χ1v) is 8.24. The van der Waals surface area contributed by atoms with Gasteiger partial charge in [-0.2, -0.15) is 5.26 Å². The summed E-state index contributed by atoms with van der Waals surface area (Å²) in [7, 11) is 0. The number of rotatable bonds is 2. The fraction of sp³-hybridized carbons (Fsp3) is 0.579. The van der Waals surface area contributed by atoms with Crippen molar-refractivity contribution in [3.63, 3.8) is 0 Å². The molecule has 1 amide bonds. The number of hydrogen-bond donors (Lipinski definition) is 1. The lowest BCUT2D eigenvalue weighted by Crippen LogP contribution is -2.43. The number of aryl methyl sites for hydroxylation is 1. The lowest BCUT2D eigenvalue weighted by atomic mass is 9.78. The van der Waals surface area contributed by atoms with Gasteiger partial charge in [-0.1, -0.05) is 51.8 Å². The molecule has 0 aliphatic heterocycles. The van der Waals surface area contributed by atoms with E-state index in [1.165, 1.54) is 12.8 Å². The Hall–Kier alpha value is -1.82. The van der Waals surface area contributed by atoms with E-state index in [4.69, 9.17) is 5.26 Å². The van der Waals surface area contributed by atoms with Crippen LogP contribution < -0.4 is 5.32 Å². The van der Waals surface area contributed by atoms with Gasteiger partial charge in [0, 0.05) is 12.5 Å². The second-order valence-corrected chi connectivity index (χ2v) is 6.22. The monoisotopic (exact) mass is 300 g/mol. The highest BCUT2D eigenvalue weighted by Crippen LogP contribution is 2.29. The number of benzene rings is 1. The highest BCUT2D eigenvalue weighted by molar-refractivity contribution is 5.75. The lowest BCUT2D eigenvalue weighted by molar-refractivity contribution is -0.122. The summed E-state index contributed by atoms with van der Waals surface area (Å²) >= 11 is 0. The standard InChI is InChI=1S/C11H21NO.C8H7N/c1-4-11(13)12-10-7-5-6-8(2)9(10)3;1-7-4-2-3-5-8(7)6-9/h8-10H,4-7H2,1-3H3,(H,12,13);2-5H,1H3. The van der Waals surface area contributed by atoms with Crippen molar-refractivity contribution in [1.29, 1.82) is 5.26 Å². The molecular formula is C19H28N2O. The van der Waals surface area contributed by atoms with Crippen LogP contribution in [0.1, 0.15) is 57.6 Å². The number of nitrogens with one attached hydrogen (secondary N) is 1. The first-order valence-electron chi connectivity index (χ1n) is 8.24. The van der Waals surface area contributed by atoms with Crippen molar-refractivity contribution in [1.82, 2.24) is 5.32 Å². The van der Waals surface area contributed by atoms with Gasteiger partial charge in [-0.15, -0.1) is 0 Å². The summed E-state index contributed by atoms with van der Waals surface area (Å²) in [5.74, 6) is 1.60. The molecule has 1 aromatic rings. The maximum absolute atomic E-state index is 11.2. The topological polar surface area (TPSA) is 52.9 Å². The molecule has 1 aliphatic rings. The molecule has 0 heterocycles. The summed E-state index contributed by atoms with van der Waals surface area (Å²) in [4.78, 5) is 11.2. The molecule has 0 saturated heterocycles. The van der Waals surface area contributed by atoms with Crippen molar-refractivity contribution in [2.24, 2.45) is 11.8 Å². The van der Waals surface area contributed by atoms with E-state index in [2.05, 4.69) is 25.2 Å². The molecule has 0 radical (unpaired) electrons. The third kappa shape index (κ3) is 5.52. The second-order valence-electron chi connectivity index (χ2n) is 6.22. The van der Waals surface area contributed by atoms with Crippen molar-refractivity contribution in [3.8, 4) is 6.07 Å². The van der Waals surface area contributed by atoms with Crippen LogP contribution in [0.15, 0.2) is 24.3 Å². The number of carbonyl (C=O) groups is 1. The van der Waals surface area contributed by atoms with Crippen LogP contribution in [0, 0.1) is 30.1 Å². The molecule has 3 atom stereocenters. The normalized spacial score (nSPS) is 23.7. The van der Waals surface area contributed by atoms with E-state index in [1.807, 2.05) is 38.1 Å². The predicted molar refractivity (Wildman–Crippen MR) is 90.3 cm³/mol. The molecule has 0 aromatic heterocycles. The summed E-state index contributed by atoms with van der Waals surface area (Å²) in [6.07, 6.45) is 4.36. The Balaban J connectivity index is 0.000000235. The minimum Gasteiger partial charge on any atom is -0.353 e. The van der Waals surface area contributed by atoms with Gasteiger partial charge in [-0.3, -0.25) is 4.79 Å². The average Bonchev–Trinajstić information content (AvgIpc) is 2.53. The molecule has 2 rings (SSSR count).